The van der Waals surface area contributed by atoms with Gasteiger partial charge in [0.2, 0.25) is 0 Å². The van der Waals surface area contributed by atoms with Gasteiger partial charge in [0.15, 0.2) is 0 Å². The smallest absolute Gasteiger partial charge is 0.0462 e. The van der Waals surface area contributed by atoms with Crippen LogP contribution in [0.25, 0.3) is 5.57 Å². The van der Waals surface area contributed by atoms with Crippen molar-refractivity contribution in [1.29, 1.82) is 0 Å². The van der Waals surface area contributed by atoms with Gasteiger partial charge in [-0.25, -0.2) is 0 Å². The molecule has 0 N–H and O–H groups in total. The molecule has 0 aliphatic carbocycles. The molecule has 1 nitrogen and oxygen atoms in total. The molecule has 3 heteroatoms. The number of rotatable bonds is 5. The Bertz CT molecular complexity index is 863. The number of hydrogen-bond donors (Lipinski definition) is 0. The normalized spacial score (nSPS) is 11.7. The van der Waals surface area contributed by atoms with Crippen molar-refractivity contribution in [3.63, 3.8) is 0 Å². The predicted molar refractivity (Wildman–Crippen MR) is 125 cm³/mol. The largest absolute Gasteiger partial charge is 0.311 e. The molecule has 0 aliphatic heterocycles. The van der Waals surface area contributed by atoms with Gasteiger partial charge in [-0.3, -0.25) is 0 Å². The Labute approximate surface area is 179 Å². The summed E-state index contributed by atoms with van der Waals surface area (Å²) in [5.74, 6) is 0.509. The van der Waals surface area contributed by atoms with E-state index in [1.54, 1.807) is 0 Å². The van der Waals surface area contributed by atoms with E-state index in [0.717, 1.165) is 26.0 Å². The Morgan fingerprint density at radius 1 is 0.704 bits per heavy atom. The molecule has 0 saturated heterocycles. The fourth-order valence-electron chi connectivity index (χ4n) is 3.26. The summed E-state index contributed by atoms with van der Waals surface area (Å²) < 4.78 is 2.15. The minimum Gasteiger partial charge on any atom is -0.311 e. The second kappa shape index (κ2) is 8.90. The summed E-state index contributed by atoms with van der Waals surface area (Å²) in [4.78, 5) is 2.27. The third-order valence-electron chi connectivity index (χ3n) is 4.56. The van der Waals surface area contributed by atoms with E-state index >= 15 is 0 Å². The maximum Gasteiger partial charge on any atom is 0.0462 e. The van der Waals surface area contributed by atoms with Crippen LogP contribution in [0.2, 0.25) is 0 Å². The lowest BCUT2D eigenvalue weighted by molar-refractivity contribution is 0.854. The van der Waals surface area contributed by atoms with E-state index in [1.165, 1.54) is 11.1 Å². The van der Waals surface area contributed by atoms with E-state index in [-0.39, 0.29) is 0 Å². The molecule has 0 amide bonds. The first-order valence-corrected chi connectivity index (χ1v) is 10.7. The molecule has 0 aromatic heterocycles. The zero-order chi connectivity index (χ0) is 19.4. The van der Waals surface area contributed by atoms with Gasteiger partial charge in [-0.1, -0.05) is 63.9 Å². The van der Waals surface area contributed by atoms with Crippen LogP contribution in [0.5, 0.6) is 0 Å². The maximum absolute atomic E-state index is 3.53. The van der Waals surface area contributed by atoms with E-state index in [0.29, 0.717) is 5.92 Å². The number of hydrogen-bond acceptors (Lipinski definition) is 1. The molecular formula is C24H23Br2N. The Morgan fingerprint density at radius 3 is 1.41 bits per heavy atom. The average Bonchev–Trinajstić information content (AvgIpc) is 2.66. The fraction of sp³-hybridized carbons (Fsp3) is 0.167. The van der Waals surface area contributed by atoms with Crippen LogP contribution in [0, 0.1) is 5.92 Å². The Balaban J connectivity index is 2.05. The van der Waals surface area contributed by atoms with Gasteiger partial charge in [-0.15, -0.1) is 0 Å². The summed E-state index contributed by atoms with van der Waals surface area (Å²) in [5.41, 5.74) is 6.05. The highest BCUT2D eigenvalue weighted by atomic mass is 79.9. The van der Waals surface area contributed by atoms with Gasteiger partial charge in [0.05, 0.1) is 0 Å². The standard InChI is InChI=1S/C24H23Br2N/c1-4-24(17(2)3)18-5-11-21(12-6-18)27(22-13-7-19(25)8-14-22)23-15-9-20(26)10-16-23/h4-17H,1-3H3/b24-4+. The van der Waals surface area contributed by atoms with Crippen LogP contribution in [-0.4, -0.2) is 0 Å². The highest BCUT2D eigenvalue weighted by Gasteiger charge is 2.13. The Hall–Kier alpha value is -1.84. The van der Waals surface area contributed by atoms with E-state index in [9.17, 15) is 0 Å². The lowest BCUT2D eigenvalue weighted by atomic mass is 9.95. The monoisotopic (exact) mass is 483 g/mol. The van der Waals surface area contributed by atoms with Gasteiger partial charge in [0.25, 0.3) is 0 Å². The van der Waals surface area contributed by atoms with Crippen molar-refractivity contribution >= 4 is 54.5 Å². The average molecular weight is 485 g/mol. The molecule has 0 saturated carbocycles. The minimum absolute atomic E-state index is 0.509. The molecule has 0 heterocycles. The third kappa shape index (κ3) is 4.72. The van der Waals surface area contributed by atoms with Crippen molar-refractivity contribution in [2.45, 2.75) is 20.8 Å². The number of nitrogens with zero attached hydrogens (tertiary/aromatic N) is 1. The number of halogens is 2. The van der Waals surface area contributed by atoms with Crippen LogP contribution < -0.4 is 4.90 Å². The van der Waals surface area contributed by atoms with Gasteiger partial charge in [0, 0.05) is 26.0 Å². The fourth-order valence-corrected chi connectivity index (χ4v) is 3.79. The summed E-state index contributed by atoms with van der Waals surface area (Å²) in [6.45, 7) is 6.58. The second-order valence-electron chi connectivity index (χ2n) is 6.73. The number of benzene rings is 3. The zero-order valence-electron chi connectivity index (χ0n) is 15.8. The van der Waals surface area contributed by atoms with Gasteiger partial charge in [-0.05, 0) is 84.6 Å². The quantitative estimate of drug-likeness (QED) is 0.349. The molecule has 0 bridgehead atoms. The maximum atomic E-state index is 3.53. The summed E-state index contributed by atoms with van der Waals surface area (Å²) in [6, 6.07) is 25.7. The first kappa shape index (κ1) is 19.9. The van der Waals surface area contributed by atoms with E-state index in [2.05, 4.69) is 136 Å². The summed E-state index contributed by atoms with van der Waals surface area (Å²) in [7, 11) is 0. The molecule has 138 valence electrons. The molecule has 3 aromatic rings. The van der Waals surface area contributed by atoms with Crippen molar-refractivity contribution in [3.8, 4) is 0 Å². The molecule has 0 atom stereocenters. The SMILES string of the molecule is C/C=C(/c1ccc(N(c2ccc(Br)cc2)c2ccc(Br)cc2)cc1)C(C)C. The van der Waals surface area contributed by atoms with Crippen molar-refractivity contribution in [1.82, 2.24) is 0 Å². The summed E-state index contributed by atoms with van der Waals surface area (Å²) in [5, 5.41) is 0. The number of anilines is 3. The summed E-state index contributed by atoms with van der Waals surface area (Å²) >= 11 is 7.07. The van der Waals surface area contributed by atoms with Crippen LogP contribution in [0.1, 0.15) is 26.3 Å². The second-order valence-corrected chi connectivity index (χ2v) is 8.57. The highest BCUT2D eigenvalue weighted by Crippen LogP contribution is 2.36. The lowest BCUT2D eigenvalue weighted by Crippen LogP contribution is -2.09. The Morgan fingerprint density at radius 2 is 1.07 bits per heavy atom. The van der Waals surface area contributed by atoms with Gasteiger partial charge in [0.1, 0.15) is 0 Å². The number of allylic oxidation sites excluding steroid dienone is 2. The Kier molecular flexibility index (Phi) is 6.56. The molecule has 0 fully saturated rings. The molecule has 0 radical (unpaired) electrons. The van der Waals surface area contributed by atoms with E-state index in [4.69, 9.17) is 0 Å². The zero-order valence-corrected chi connectivity index (χ0v) is 19.0. The molecule has 0 unspecified atom stereocenters. The van der Waals surface area contributed by atoms with Crippen molar-refractivity contribution in [3.05, 3.63) is 93.4 Å². The molecule has 3 rings (SSSR count). The van der Waals surface area contributed by atoms with Crippen LogP contribution in [0.3, 0.4) is 0 Å². The van der Waals surface area contributed by atoms with Crippen LogP contribution in [0.15, 0.2) is 87.8 Å². The van der Waals surface area contributed by atoms with Crippen molar-refractivity contribution < 1.29 is 0 Å². The first-order valence-electron chi connectivity index (χ1n) is 9.07. The van der Waals surface area contributed by atoms with Crippen molar-refractivity contribution in [2.24, 2.45) is 5.92 Å². The predicted octanol–water partition coefficient (Wildman–Crippen LogP) is 8.74. The molecule has 27 heavy (non-hydrogen) atoms. The lowest BCUT2D eigenvalue weighted by Gasteiger charge is -2.26. The van der Waals surface area contributed by atoms with Gasteiger partial charge in [-0.2, -0.15) is 0 Å². The molecule has 3 aromatic carbocycles. The van der Waals surface area contributed by atoms with Crippen LogP contribution in [0.4, 0.5) is 17.1 Å². The van der Waals surface area contributed by atoms with E-state index in [1.807, 2.05) is 0 Å². The molecule has 0 spiro atoms. The van der Waals surface area contributed by atoms with E-state index < -0.39 is 0 Å². The van der Waals surface area contributed by atoms with Crippen LogP contribution in [-0.2, 0) is 0 Å². The highest BCUT2D eigenvalue weighted by molar-refractivity contribution is 9.10. The first-order chi connectivity index (χ1) is 13.0. The van der Waals surface area contributed by atoms with Gasteiger partial charge < -0.3 is 4.90 Å². The van der Waals surface area contributed by atoms with Crippen LogP contribution >= 0.6 is 31.9 Å². The minimum atomic E-state index is 0.509. The van der Waals surface area contributed by atoms with Crippen molar-refractivity contribution in [2.75, 3.05) is 4.90 Å². The molecule has 0 aliphatic rings. The summed E-state index contributed by atoms with van der Waals surface area (Å²) in [6.07, 6.45) is 2.21. The van der Waals surface area contributed by atoms with Gasteiger partial charge >= 0.3 is 0 Å². The molecular weight excluding hydrogens is 462 g/mol. The third-order valence-corrected chi connectivity index (χ3v) is 5.62. The topological polar surface area (TPSA) is 3.24 Å².